The molecule has 16 nitrogen and oxygen atoms in total. The van der Waals surface area contributed by atoms with Crippen molar-refractivity contribution in [2.24, 2.45) is 0 Å². The van der Waals surface area contributed by atoms with Crippen molar-refractivity contribution < 1.29 is 73.7 Å². The molecule has 3 aromatic rings. The first-order valence-corrected chi connectivity index (χ1v) is 13.8. The lowest BCUT2D eigenvalue weighted by Crippen LogP contribution is -2.64. The van der Waals surface area contributed by atoms with E-state index in [2.05, 4.69) is 0 Å². The van der Waals surface area contributed by atoms with Gasteiger partial charge in [-0.15, -0.1) is 0 Å². The van der Waals surface area contributed by atoms with Gasteiger partial charge in [0.1, 0.15) is 59.1 Å². The number of rotatable bonds is 8. The van der Waals surface area contributed by atoms with E-state index in [-0.39, 0.29) is 45.3 Å². The van der Waals surface area contributed by atoms with Gasteiger partial charge in [-0.05, 0) is 25.1 Å². The van der Waals surface area contributed by atoms with Gasteiger partial charge in [0, 0.05) is 17.7 Å². The van der Waals surface area contributed by atoms with Crippen LogP contribution in [0, 0.1) is 0 Å². The lowest BCUT2D eigenvalue weighted by atomic mass is 9.97. The fourth-order valence-corrected chi connectivity index (χ4v) is 5.22. The van der Waals surface area contributed by atoms with Crippen molar-refractivity contribution in [3.8, 4) is 40.1 Å². The summed E-state index contributed by atoms with van der Waals surface area (Å²) in [6.45, 7) is 0.606. The maximum atomic E-state index is 14.1. The summed E-state index contributed by atoms with van der Waals surface area (Å²) in [5.74, 6) is -1.41. The maximum Gasteiger partial charge on any atom is 0.239 e. The van der Waals surface area contributed by atoms with E-state index in [1.165, 1.54) is 45.4 Å². The second-order valence-corrected chi connectivity index (χ2v) is 10.6. The Hall–Kier alpha value is -3.71. The largest absolute Gasteiger partial charge is 0.508 e. The summed E-state index contributed by atoms with van der Waals surface area (Å²) in [4.78, 5) is 14.1. The molecule has 0 aliphatic carbocycles. The van der Waals surface area contributed by atoms with Crippen molar-refractivity contribution in [3.63, 3.8) is 0 Å². The van der Waals surface area contributed by atoms with Crippen molar-refractivity contribution in [1.29, 1.82) is 0 Å². The van der Waals surface area contributed by atoms with Gasteiger partial charge in [0.2, 0.25) is 17.5 Å². The van der Waals surface area contributed by atoms with Crippen LogP contribution in [0.4, 0.5) is 0 Å². The Bertz CT molecular complexity index is 1570. The van der Waals surface area contributed by atoms with Crippen molar-refractivity contribution in [2.45, 2.75) is 68.3 Å². The fraction of sp³-hybridized carbons (Fsp3) is 0.483. The number of fused-ring (bicyclic) bond motifs is 1. The standard InChI is InChI=1S/C29H34O16/c1-10-19(33)22(36)24(38)28(41-10)45-27-23(37)20(34)17(9-30)43-29(27)44-26-21(35)18-15(40-3)7-12(31)8-16(18)42-25(26)11-4-5-13(32)14(6-11)39-2/h4-8,10,17,19-20,22-24,27-34,36-38H,9H2,1-3H3/t10-,17+,19-,20+,22+,23-,24+,27+,28-,29-/m0/s1. The first-order chi connectivity index (χ1) is 21.4. The van der Waals surface area contributed by atoms with Crippen LogP contribution in [0.1, 0.15) is 6.92 Å². The van der Waals surface area contributed by atoms with Gasteiger partial charge >= 0.3 is 0 Å². The topological polar surface area (TPSA) is 247 Å². The SMILES string of the molecule is COc1cc(-c2oc3cc(O)cc(OC)c3c(=O)c2O[C@@H]2O[C@H](CO)[C@@H](O)[C@H](O)[C@H]2O[C@@H]2O[C@@H](C)[C@H](O)[C@@H](O)[C@H]2O)ccc1O. The molecule has 0 amide bonds. The van der Waals surface area contributed by atoms with E-state index in [4.69, 9.17) is 32.8 Å². The van der Waals surface area contributed by atoms with E-state index >= 15 is 0 Å². The van der Waals surface area contributed by atoms with Crippen LogP contribution in [-0.2, 0) is 14.2 Å². The van der Waals surface area contributed by atoms with Gasteiger partial charge in [0.25, 0.3) is 0 Å². The van der Waals surface area contributed by atoms with Crippen molar-refractivity contribution in [3.05, 3.63) is 40.6 Å². The third kappa shape index (κ3) is 5.99. The monoisotopic (exact) mass is 638 g/mol. The van der Waals surface area contributed by atoms with E-state index in [9.17, 15) is 45.6 Å². The lowest BCUT2D eigenvalue weighted by Gasteiger charge is -2.45. The number of ether oxygens (including phenoxy) is 6. The third-order valence-electron chi connectivity index (χ3n) is 7.72. The number of aliphatic hydroxyl groups excluding tert-OH is 6. The molecule has 10 atom stereocenters. The number of hydrogen-bond donors (Lipinski definition) is 8. The molecule has 246 valence electrons. The molecule has 2 fully saturated rings. The summed E-state index contributed by atoms with van der Waals surface area (Å²) >= 11 is 0. The Morgan fingerprint density at radius 2 is 1.53 bits per heavy atom. The Morgan fingerprint density at radius 3 is 2.20 bits per heavy atom. The minimum absolute atomic E-state index is 0.00185. The van der Waals surface area contributed by atoms with E-state index in [0.29, 0.717) is 0 Å². The molecule has 0 spiro atoms. The minimum atomic E-state index is -1.87. The van der Waals surface area contributed by atoms with Crippen molar-refractivity contribution in [1.82, 2.24) is 0 Å². The predicted octanol–water partition coefficient (Wildman–Crippen LogP) is -1.08. The maximum absolute atomic E-state index is 14.1. The first kappa shape index (κ1) is 32.7. The molecule has 1 aromatic heterocycles. The summed E-state index contributed by atoms with van der Waals surface area (Å²) in [6.07, 6.45) is -16.3. The molecule has 2 aliphatic heterocycles. The summed E-state index contributed by atoms with van der Waals surface area (Å²) in [6, 6.07) is 6.30. The lowest BCUT2D eigenvalue weighted by molar-refractivity contribution is -0.354. The molecule has 8 N–H and O–H groups in total. The fourth-order valence-electron chi connectivity index (χ4n) is 5.22. The van der Waals surface area contributed by atoms with Crippen molar-refractivity contribution in [2.75, 3.05) is 20.8 Å². The zero-order chi connectivity index (χ0) is 32.7. The molecule has 2 saturated heterocycles. The first-order valence-electron chi connectivity index (χ1n) is 13.8. The number of methoxy groups -OCH3 is 2. The van der Waals surface area contributed by atoms with Gasteiger partial charge in [-0.3, -0.25) is 4.79 Å². The normalized spacial score (nSPS) is 31.9. The van der Waals surface area contributed by atoms with Gasteiger partial charge < -0.3 is 73.7 Å². The van der Waals surface area contributed by atoms with E-state index in [1.54, 1.807) is 0 Å². The van der Waals surface area contributed by atoms with E-state index in [1.807, 2.05) is 0 Å². The zero-order valence-electron chi connectivity index (χ0n) is 24.2. The molecule has 3 heterocycles. The molecule has 0 unspecified atom stereocenters. The van der Waals surface area contributed by atoms with Crippen LogP contribution in [0.25, 0.3) is 22.3 Å². The highest BCUT2D eigenvalue weighted by molar-refractivity contribution is 5.88. The smallest absolute Gasteiger partial charge is 0.239 e. The van der Waals surface area contributed by atoms with Crippen LogP contribution in [-0.4, -0.2) is 123 Å². The molecule has 2 aliphatic rings. The van der Waals surface area contributed by atoms with Crippen LogP contribution in [0.3, 0.4) is 0 Å². The van der Waals surface area contributed by atoms with Crippen molar-refractivity contribution >= 4 is 11.0 Å². The Kier molecular flexibility index (Phi) is 9.41. The molecule has 16 heteroatoms. The number of aromatic hydroxyl groups is 2. The highest BCUT2D eigenvalue weighted by Gasteiger charge is 2.51. The molecule has 2 aromatic carbocycles. The minimum Gasteiger partial charge on any atom is -0.508 e. The predicted molar refractivity (Wildman–Crippen MR) is 150 cm³/mol. The molecule has 0 saturated carbocycles. The van der Waals surface area contributed by atoms with Gasteiger partial charge in [0.05, 0.1) is 26.9 Å². The number of phenols is 2. The van der Waals surface area contributed by atoms with E-state index in [0.717, 1.165) is 6.07 Å². The van der Waals surface area contributed by atoms with Gasteiger partial charge in [-0.25, -0.2) is 0 Å². The second kappa shape index (κ2) is 13.0. The molecular formula is C29H34O16. The average Bonchev–Trinajstić information content (AvgIpc) is 3.02. The molecule has 45 heavy (non-hydrogen) atoms. The van der Waals surface area contributed by atoms with Crippen LogP contribution < -0.4 is 19.6 Å². The third-order valence-corrected chi connectivity index (χ3v) is 7.72. The van der Waals surface area contributed by atoms with Gasteiger partial charge in [-0.1, -0.05) is 0 Å². The molecule has 0 bridgehead atoms. The highest BCUT2D eigenvalue weighted by atomic mass is 16.8. The highest BCUT2D eigenvalue weighted by Crippen LogP contribution is 2.40. The quantitative estimate of drug-likeness (QED) is 0.146. The summed E-state index contributed by atoms with van der Waals surface area (Å²) < 4.78 is 39.4. The van der Waals surface area contributed by atoms with Crippen LogP contribution >= 0.6 is 0 Å². The molecular weight excluding hydrogens is 604 g/mol. The van der Waals surface area contributed by atoms with Crippen LogP contribution in [0.15, 0.2) is 39.5 Å². The van der Waals surface area contributed by atoms with Crippen LogP contribution in [0.2, 0.25) is 0 Å². The zero-order valence-corrected chi connectivity index (χ0v) is 24.2. The Balaban J connectivity index is 1.64. The van der Waals surface area contributed by atoms with Crippen LogP contribution in [0.5, 0.6) is 28.7 Å². The number of phenolic OH excluding ortho intramolecular Hbond substituents is 2. The molecule has 0 radical (unpaired) electrons. The number of benzene rings is 2. The summed E-state index contributed by atoms with van der Waals surface area (Å²) in [5.41, 5.74) is -0.821. The summed E-state index contributed by atoms with van der Waals surface area (Å²) in [5, 5.41) is 82.6. The number of hydrogen-bond acceptors (Lipinski definition) is 16. The van der Waals surface area contributed by atoms with Gasteiger partial charge in [-0.2, -0.15) is 0 Å². The molecule has 5 rings (SSSR count). The average molecular weight is 639 g/mol. The van der Waals surface area contributed by atoms with Gasteiger partial charge in [0.15, 0.2) is 29.7 Å². The Morgan fingerprint density at radius 1 is 0.822 bits per heavy atom. The Labute approximate surface area is 254 Å². The summed E-state index contributed by atoms with van der Waals surface area (Å²) in [7, 11) is 2.56. The van der Waals surface area contributed by atoms with E-state index < -0.39 is 79.2 Å². The number of aliphatic hydroxyl groups is 6. The second-order valence-electron chi connectivity index (χ2n) is 10.6.